The molecule has 5 N–H and O–H groups in total. The number of hydrogen-bond acceptors (Lipinski definition) is 8. The molecule has 10 nitrogen and oxygen atoms in total. The lowest BCUT2D eigenvalue weighted by Gasteiger charge is -2.26. The summed E-state index contributed by atoms with van der Waals surface area (Å²) in [7, 11) is 0. The molecule has 0 amide bonds. The Morgan fingerprint density at radius 1 is 1.22 bits per heavy atom. The van der Waals surface area contributed by atoms with E-state index in [2.05, 4.69) is 21.5 Å². The summed E-state index contributed by atoms with van der Waals surface area (Å²) < 4.78 is 13.3. The second-order valence-electron chi connectivity index (χ2n) is 7.54. The number of aromatic amines is 1. The number of nitrogens with zero attached hydrogens (tertiary/aromatic N) is 3. The van der Waals surface area contributed by atoms with Crippen molar-refractivity contribution in [3.63, 3.8) is 0 Å². The largest absolute Gasteiger partial charge is 0.491 e. The molecule has 10 heteroatoms. The predicted octanol–water partition coefficient (Wildman–Crippen LogP) is 1.38. The van der Waals surface area contributed by atoms with E-state index in [-0.39, 0.29) is 17.1 Å². The molecule has 2 aromatic carbocycles. The van der Waals surface area contributed by atoms with Gasteiger partial charge in [0.2, 0.25) is 5.95 Å². The molecule has 0 bridgehead atoms. The third kappa shape index (κ3) is 3.12. The zero-order valence-electron chi connectivity index (χ0n) is 16.8. The highest BCUT2D eigenvalue weighted by molar-refractivity contribution is 5.86. The first kappa shape index (κ1) is 20.2. The number of nitrogens with one attached hydrogen (secondary N) is 1. The number of H-pyrrole nitrogens is 1. The monoisotopic (exact) mass is 435 g/mol. The van der Waals surface area contributed by atoms with Crippen LogP contribution in [-0.2, 0) is 9.47 Å². The molecule has 2 aromatic heterocycles. The van der Waals surface area contributed by atoms with E-state index >= 15 is 0 Å². The van der Waals surface area contributed by atoms with Crippen LogP contribution in [0.5, 0.6) is 0 Å². The van der Waals surface area contributed by atoms with Gasteiger partial charge in [0.25, 0.3) is 5.56 Å². The lowest BCUT2D eigenvalue weighted by atomic mass is 9.94. The maximum Gasteiger partial charge on any atom is 0.280 e. The average molecular weight is 435 g/mol. The summed E-state index contributed by atoms with van der Waals surface area (Å²) in [6.45, 7) is 3.65. The first-order chi connectivity index (χ1) is 15.5. The van der Waals surface area contributed by atoms with E-state index in [9.17, 15) is 15.0 Å². The number of aliphatic hydroxyl groups is 2. The summed E-state index contributed by atoms with van der Waals surface area (Å²) in [5.41, 5.74) is 6.10. The second-order valence-corrected chi connectivity index (χ2v) is 7.54. The minimum atomic E-state index is -1.34. The maximum absolute atomic E-state index is 12.1. The van der Waals surface area contributed by atoms with Crippen molar-refractivity contribution in [2.75, 3.05) is 5.73 Å². The first-order valence-corrected chi connectivity index (χ1v) is 9.97. The summed E-state index contributed by atoms with van der Waals surface area (Å²) in [5.74, 6) is -0.0996. The third-order valence-corrected chi connectivity index (χ3v) is 5.67. The topological polar surface area (TPSA) is 149 Å². The summed E-state index contributed by atoms with van der Waals surface area (Å²) in [6, 6.07) is 13.5. The molecule has 1 aliphatic rings. The Kier molecular flexibility index (Phi) is 4.89. The quantitative estimate of drug-likeness (QED) is 0.344. The van der Waals surface area contributed by atoms with Gasteiger partial charge in [0.1, 0.15) is 18.3 Å². The number of aromatic nitrogens is 4. The van der Waals surface area contributed by atoms with Gasteiger partial charge in [-0.25, -0.2) is 4.98 Å². The molecule has 5 rings (SSSR count). The van der Waals surface area contributed by atoms with Gasteiger partial charge in [-0.2, -0.15) is 4.98 Å². The van der Waals surface area contributed by atoms with Gasteiger partial charge in [-0.1, -0.05) is 49.0 Å². The molecule has 1 unspecified atom stereocenters. The summed E-state index contributed by atoms with van der Waals surface area (Å²) in [4.78, 5) is 22.6. The minimum absolute atomic E-state index is 0.0425. The standard InChI is InChI=1S/C22H21N5O5/c1-2-31-17(13-9-5-7-11-6-3-4-8-12(11)13)18-15(28)16(29)21(32-18)27-10-24-14-19(27)25-22(23)26-20(14)30/h2-10,15-18,21,28-29H,1H2,(H3,23,25,26,30)/t15-,16+,17?,18-,21+/m0/s1. The normalized spacial score (nSPS) is 24.1. The minimum Gasteiger partial charge on any atom is -0.491 e. The van der Waals surface area contributed by atoms with Crippen molar-refractivity contribution < 1.29 is 19.7 Å². The second kappa shape index (κ2) is 7.75. The van der Waals surface area contributed by atoms with Crippen LogP contribution in [0.3, 0.4) is 0 Å². The zero-order chi connectivity index (χ0) is 22.4. The van der Waals surface area contributed by atoms with E-state index in [0.717, 1.165) is 16.3 Å². The first-order valence-electron chi connectivity index (χ1n) is 9.97. The van der Waals surface area contributed by atoms with Gasteiger partial charge in [0.05, 0.1) is 12.6 Å². The van der Waals surface area contributed by atoms with Gasteiger partial charge < -0.3 is 25.4 Å². The number of rotatable bonds is 5. The van der Waals surface area contributed by atoms with Crippen LogP contribution in [0.1, 0.15) is 17.9 Å². The Hall–Kier alpha value is -3.73. The summed E-state index contributed by atoms with van der Waals surface area (Å²) in [5, 5.41) is 23.6. The molecule has 1 fully saturated rings. The summed E-state index contributed by atoms with van der Waals surface area (Å²) >= 11 is 0. The van der Waals surface area contributed by atoms with Crippen LogP contribution in [0.2, 0.25) is 0 Å². The number of benzene rings is 2. The van der Waals surface area contributed by atoms with Crippen molar-refractivity contribution in [2.24, 2.45) is 0 Å². The Bertz CT molecular complexity index is 1360. The predicted molar refractivity (Wildman–Crippen MR) is 116 cm³/mol. The van der Waals surface area contributed by atoms with E-state index in [1.54, 1.807) is 0 Å². The van der Waals surface area contributed by atoms with E-state index in [1.807, 2.05) is 42.5 Å². The zero-order valence-corrected chi connectivity index (χ0v) is 16.8. The van der Waals surface area contributed by atoms with Gasteiger partial charge in [0, 0.05) is 5.56 Å². The van der Waals surface area contributed by atoms with Gasteiger partial charge in [-0.3, -0.25) is 14.3 Å². The Morgan fingerprint density at radius 2 is 2.00 bits per heavy atom. The Labute approximate surface area is 181 Å². The molecule has 0 spiro atoms. The number of fused-ring (bicyclic) bond motifs is 2. The molecule has 164 valence electrons. The van der Waals surface area contributed by atoms with E-state index < -0.39 is 36.2 Å². The number of aliphatic hydroxyl groups excluding tert-OH is 2. The maximum atomic E-state index is 12.1. The molecule has 1 saturated heterocycles. The number of hydrogen-bond donors (Lipinski definition) is 4. The Morgan fingerprint density at radius 3 is 2.81 bits per heavy atom. The van der Waals surface area contributed by atoms with Gasteiger partial charge in [-0.05, 0) is 10.8 Å². The smallest absolute Gasteiger partial charge is 0.280 e. The molecule has 32 heavy (non-hydrogen) atoms. The molecule has 5 atom stereocenters. The number of nitrogen functional groups attached to an aromatic ring is 1. The van der Waals surface area contributed by atoms with Crippen LogP contribution in [0.15, 0.2) is 66.4 Å². The number of ether oxygens (including phenoxy) is 2. The van der Waals surface area contributed by atoms with Crippen LogP contribution in [0.25, 0.3) is 21.9 Å². The Balaban J connectivity index is 1.57. The molecule has 3 heterocycles. The highest BCUT2D eigenvalue weighted by Crippen LogP contribution is 2.40. The number of imidazole rings is 1. The third-order valence-electron chi connectivity index (χ3n) is 5.67. The van der Waals surface area contributed by atoms with Crippen molar-refractivity contribution in [3.8, 4) is 0 Å². The fraction of sp³-hybridized carbons (Fsp3) is 0.227. The van der Waals surface area contributed by atoms with Crippen LogP contribution in [0.4, 0.5) is 5.95 Å². The van der Waals surface area contributed by atoms with Crippen LogP contribution < -0.4 is 11.3 Å². The van der Waals surface area contributed by atoms with Crippen molar-refractivity contribution in [1.29, 1.82) is 0 Å². The molecular weight excluding hydrogens is 414 g/mol. The van der Waals surface area contributed by atoms with Crippen LogP contribution in [-0.4, -0.2) is 48.0 Å². The van der Waals surface area contributed by atoms with Gasteiger partial charge >= 0.3 is 0 Å². The molecule has 0 aliphatic carbocycles. The number of anilines is 1. The molecular formula is C22H21N5O5. The van der Waals surface area contributed by atoms with Gasteiger partial charge in [0.15, 0.2) is 23.5 Å². The average Bonchev–Trinajstić information content (AvgIpc) is 3.33. The van der Waals surface area contributed by atoms with Crippen LogP contribution >= 0.6 is 0 Å². The SMILES string of the molecule is C=COC(c1cccc2ccccc12)[C@H]1O[C@@H](n2cnc3c(=O)[nH]c(N)nc32)[C@H](O)[C@@H]1O. The van der Waals surface area contributed by atoms with Crippen molar-refractivity contribution in [3.05, 3.63) is 77.6 Å². The van der Waals surface area contributed by atoms with Crippen LogP contribution in [0, 0.1) is 0 Å². The molecule has 1 aliphatic heterocycles. The van der Waals surface area contributed by atoms with Crippen molar-refractivity contribution >= 4 is 27.9 Å². The van der Waals surface area contributed by atoms with Crippen molar-refractivity contribution in [2.45, 2.75) is 30.6 Å². The molecule has 0 radical (unpaired) electrons. The highest BCUT2D eigenvalue weighted by atomic mass is 16.6. The lowest BCUT2D eigenvalue weighted by molar-refractivity contribution is -0.0879. The van der Waals surface area contributed by atoms with Crippen molar-refractivity contribution in [1.82, 2.24) is 19.5 Å². The fourth-order valence-corrected chi connectivity index (χ4v) is 4.22. The molecule has 4 aromatic rings. The van der Waals surface area contributed by atoms with Gasteiger partial charge in [-0.15, -0.1) is 0 Å². The van der Waals surface area contributed by atoms with E-state index in [1.165, 1.54) is 17.2 Å². The molecule has 0 saturated carbocycles. The highest BCUT2D eigenvalue weighted by Gasteiger charge is 2.49. The fourth-order valence-electron chi connectivity index (χ4n) is 4.22. The lowest BCUT2D eigenvalue weighted by Crippen LogP contribution is -2.35. The van der Waals surface area contributed by atoms with E-state index in [4.69, 9.17) is 15.2 Å². The number of nitrogens with two attached hydrogens (primary N) is 1. The van der Waals surface area contributed by atoms with E-state index in [0.29, 0.717) is 0 Å². The summed E-state index contributed by atoms with van der Waals surface area (Å²) in [6.07, 6.45) is -2.83.